The molecular formula is C17H19N5O. The van der Waals surface area contributed by atoms with Crippen LogP contribution in [-0.4, -0.2) is 32.2 Å². The third kappa shape index (κ3) is 3.21. The summed E-state index contributed by atoms with van der Waals surface area (Å²) < 4.78 is 1.86. The molecular weight excluding hydrogens is 290 g/mol. The monoisotopic (exact) mass is 309 g/mol. The van der Waals surface area contributed by atoms with Crippen LogP contribution in [0.3, 0.4) is 0 Å². The Morgan fingerprint density at radius 1 is 1.30 bits per heavy atom. The van der Waals surface area contributed by atoms with Crippen LogP contribution in [0.25, 0.3) is 10.9 Å². The van der Waals surface area contributed by atoms with Crippen molar-refractivity contribution in [1.82, 2.24) is 25.1 Å². The molecule has 1 N–H and O–H groups in total. The van der Waals surface area contributed by atoms with E-state index in [1.165, 1.54) is 0 Å². The minimum absolute atomic E-state index is 0.0937. The van der Waals surface area contributed by atoms with E-state index in [0.717, 1.165) is 22.4 Å². The summed E-state index contributed by atoms with van der Waals surface area (Å²) in [5, 5.41) is 11.8. The molecule has 0 radical (unpaired) electrons. The van der Waals surface area contributed by atoms with Crippen molar-refractivity contribution in [3.8, 4) is 0 Å². The number of hydrogen-bond donors (Lipinski definition) is 1. The van der Waals surface area contributed by atoms with Crippen LogP contribution in [0.4, 0.5) is 0 Å². The molecule has 3 aromatic rings. The number of hydrogen-bond acceptors (Lipinski definition) is 4. The second kappa shape index (κ2) is 6.16. The molecule has 0 bridgehead atoms. The van der Waals surface area contributed by atoms with Gasteiger partial charge in [0.1, 0.15) is 12.2 Å². The fraction of sp³-hybridized carbons (Fsp3) is 0.294. The Morgan fingerprint density at radius 2 is 2.13 bits per heavy atom. The normalized spacial score (nSPS) is 12.3. The fourth-order valence-electron chi connectivity index (χ4n) is 2.55. The lowest BCUT2D eigenvalue weighted by Crippen LogP contribution is -2.28. The van der Waals surface area contributed by atoms with Crippen molar-refractivity contribution in [1.29, 1.82) is 0 Å². The number of nitrogens with one attached hydrogen (secondary N) is 1. The molecule has 0 aliphatic rings. The van der Waals surface area contributed by atoms with Gasteiger partial charge in [-0.2, -0.15) is 0 Å². The average molecular weight is 309 g/mol. The van der Waals surface area contributed by atoms with Crippen molar-refractivity contribution in [3.05, 3.63) is 53.7 Å². The summed E-state index contributed by atoms with van der Waals surface area (Å²) >= 11 is 0. The average Bonchev–Trinajstić information content (AvgIpc) is 2.98. The molecule has 1 amide bonds. The second-order valence-corrected chi connectivity index (χ2v) is 5.77. The predicted molar refractivity (Wildman–Crippen MR) is 88.2 cm³/mol. The van der Waals surface area contributed by atoms with Gasteiger partial charge in [0.05, 0.1) is 5.52 Å². The number of amides is 1. The first-order chi connectivity index (χ1) is 11.0. The molecule has 1 unspecified atom stereocenters. The molecule has 1 atom stereocenters. The maximum absolute atomic E-state index is 12.3. The number of aryl methyl sites for hydroxylation is 2. The van der Waals surface area contributed by atoms with Gasteiger partial charge in [0, 0.05) is 36.2 Å². The molecule has 3 rings (SSSR count). The molecule has 0 saturated carbocycles. The zero-order valence-corrected chi connectivity index (χ0v) is 13.4. The molecule has 0 aliphatic heterocycles. The highest BCUT2D eigenvalue weighted by Crippen LogP contribution is 2.15. The molecule has 118 valence electrons. The van der Waals surface area contributed by atoms with Crippen LogP contribution >= 0.6 is 0 Å². The first kappa shape index (κ1) is 15.1. The van der Waals surface area contributed by atoms with Gasteiger partial charge in [0.25, 0.3) is 5.91 Å². The van der Waals surface area contributed by atoms with Crippen molar-refractivity contribution < 1.29 is 4.79 Å². The molecule has 0 spiro atoms. The highest BCUT2D eigenvalue weighted by Gasteiger charge is 2.13. The molecule has 0 saturated heterocycles. The largest absolute Gasteiger partial charge is 0.351 e. The zero-order chi connectivity index (χ0) is 16.4. The van der Waals surface area contributed by atoms with Gasteiger partial charge in [0.15, 0.2) is 0 Å². The van der Waals surface area contributed by atoms with Crippen molar-refractivity contribution >= 4 is 16.8 Å². The Morgan fingerprint density at radius 3 is 2.87 bits per heavy atom. The second-order valence-electron chi connectivity index (χ2n) is 5.77. The standard InChI is InChI=1S/C17H19N5O/c1-11(16-21-19-10-22(16)3)9-18-17(23)14-6-7-15-13(8-14)5-4-12(2)20-15/h4-8,10-11H,9H2,1-3H3,(H,18,23). The Kier molecular flexibility index (Phi) is 4.06. The molecule has 2 aromatic heterocycles. The Labute approximate surface area is 134 Å². The van der Waals surface area contributed by atoms with E-state index in [4.69, 9.17) is 0 Å². The number of pyridine rings is 1. The maximum atomic E-state index is 12.3. The van der Waals surface area contributed by atoms with Gasteiger partial charge < -0.3 is 9.88 Å². The molecule has 2 heterocycles. The Bertz CT molecular complexity index is 855. The van der Waals surface area contributed by atoms with Gasteiger partial charge in [0.2, 0.25) is 0 Å². The molecule has 1 aromatic carbocycles. The topological polar surface area (TPSA) is 72.7 Å². The van der Waals surface area contributed by atoms with Gasteiger partial charge in [-0.1, -0.05) is 13.0 Å². The van der Waals surface area contributed by atoms with Gasteiger partial charge >= 0.3 is 0 Å². The van der Waals surface area contributed by atoms with Crippen LogP contribution in [0, 0.1) is 6.92 Å². The number of nitrogens with zero attached hydrogens (tertiary/aromatic N) is 4. The molecule has 6 nitrogen and oxygen atoms in total. The van der Waals surface area contributed by atoms with Gasteiger partial charge in [-0.05, 0) is 31.2 Å². The number of rotatable bonds is 4. The quantitative estimate of drug-likeness (QED) is 0.802. The Balaban J connectivity index is 1.71. The number of fused-ring (bicyclic) bond motifs is 1. The lowest BCUT2D eigenvalue weighted by Gasteiger charge is -2.12. The third-order valence-corrected chi connectivity index (χ3v) is 3.85. The number of aromatic nitrogens is 4. The van der Waals surface area contributed by atoms with E-state index >= 15 is 0 Å². The minimum Gasteiger partial charge on any atom is -0.351 e. The maximum Gasteiger partial charge on any atom is 0.251 e. The first-order valence-electron chi connectivity index (χ1n) is 7.54. The van der Waals surface area contributed by atoms with Crippen molar-refractivity contribution in [2.75, 3.05) is 6.54 Å². The van der Waals surface area contributed by atoms with Gasteiger partial charge in [-0.25, -0.2) is 0 Å². The van der Waals surface area contributed by atoms with Crippen LogP contribution in [0.1, 0.15) is 34.7 Å². The smallest absolute Gasteiger partial charge is 0.251 e. The fourth-order valence-corrected chi connectivity index (χ4v) is 2.55. The zero-order valence-electron chi connectivity index (χ0n) is 13.4. The SMILES string of the molecule is Cc1ccc2cc(C(=O)NCC(C)c3nncn3C)ccc2n1. The first-order valence-corrected chi connectivity index (χ1v) is 7.54. The summed E-state index contributed by atoms with van der Waals surface area (Å²) in [6.45, 7) is 4.47. The van der Waals surface area contributed by atoms with Crippen molar-refractivity contribution in [3.63, 3.8) is 0 Å². The predicted octanol–water partition coefficient (Wildman–Crippen LogP) is 2.21. The highest BCUT2D eigenvalue weighted by atomic mass is 16.1. The van der Waals surface area contributed by atoms with Crippen LogP contribution in [0.15, 0.2) is 36.7 Å². The van der Waals surface area contributed by atoms with Crippen LogP contribution in [0.2, 0.25) is 0 Å². The van der Waals surface area contributed by atoms with E-state index < -0.39 is 0 Å². The summed E-state index contributed by atoms with van der Waals surface area (Å²) in [4.78, 5) is 16.8. The number of carbonyl (C=O) groups excluding carboxylic acids is 1. The van der Waals surface area contributed by atoms with E-state index in [9.17, 15) is 4.79 Å². The highest BCUT2D eigenvalue weighted by molar-refractivity contribution is 5.97. The summed E-state index contributed by atoms with van der Waals surface area (Å²) in [6, 6.07) is 9.47. The third-order valence-electron chi connectivity index (χ3n) is 3.85. The van der Waals surface area contributed by atoms with Gasteiger partial charge in [-0.15, -0.1) is 10.2 Å². The van der Waals surface area contributed by atoms with Crippen molar-refractivity contribution in [2.45, 2.75) is 19.8 Å². The van der Waals surface area contributed by atoms with Gasteiger partial charge in [-0.3, -0.25) is 9.78 Å². The molecule has 23 heavy (non-hydrogen) atoms. The van der Waals surface area contributed by atoms with E-state index in [2.05, 4.69) is 20.5 Å². The summed E-state index contributed by atoms with van der Waals surface area (Å²) in [5.41, 5.74) is 2.49. The van der Waals surface area contributed by atoms with E-state index in [1.807, 2.05) is 49.7 Å². The van der Waals surface area contributed by atoms with Crippen LogP contribution < -0.4 is 5.32 Å². The summed E-state index contributed by atoms with van der Waals surface area (Å²) in [6.07, 6.45) is 1.66. The summed E-state index contributed by atoms with van der Waals surface area (Å²) in [5.74, 6) is 0.848. The Hall–Kier alpha value is -2.76. The minimum atomic E-state index is -0.0958. The number of benzene rings is 1. The molecule has 0 fully saturated rings. The molecule has 6 heteroatoms. The summed E-state index contributed by atoms with van der Waals surface area (Å²) in [7, 11) is 1.89. The van der Waals surface area contributed by atoms with Crippen molar-refractivity contribution in [2.24, 2.45) is 7.05 Å². The van der Waals surface area contributed by atoms with Crippen LogP contribution in [0.5, 0.6) is 0 Å². The lowest BCUT2D eigenvalue weighted by atomic mass is 10.1. The lowest BCUT2D eigenvalue weighted by molar-refractivity contribution is 0.0951. The van der Waals surface area contributed by atoms with E-state index in [1.54, 1.807) is 12.4 Å². The van der Waals surface area contributed by atoms with E-state index in [0.29, 0.717) is 12.1 Å². The molecule has 0 aliphatic carbocycles. The van der Waals surface area contributed by atoms with E-state index in [-0.39, 0.29) is 11.8 Å². The van der Waals surface area contributed by atoms with Crippen LogP contribution in [-0.2, 0) is 7.05 Å². The number of carbonyl (C=O) groups is 1.